The van der Waals surface area contributed by atoms with Crippen molar-refractivity contribution in [1.29, 1.82) is 0 Å². The van der Waals surface area contributed by atoms with E-state index in [2.05, 4.69) is 0 Å². The van der Waals surface area contributed by atoms with E-state index < -0.39 is 34.0 Å². The summed E-state index contributed by atoms with van der Waals surface area (Å²) in [4.78, 5) is 0. The Morgan fingerprint density at radius 1 is 1.45 bits per heavy atom. The van der Waals surface area contributed by atoms with Crippen LogP contribution in [0.25, 0.3) is 0 Å². The lowest BCUT2D eigenvalue weighted by Crippen LogP contribution is -2.49. The predicted molar refractivity (Wildman–Crippen MR) is 35.9 cm³/mol. The summed E-state index contributed by atoms with van der Waals surface area (Å²) < 4.78 is 46.5. The quantitative estimate of drug-likeness (QED) is 0.680. The van der Waals surface area contributed by atoms with Crippen molar-refractivity contribution in [3.05, 3.63) is 0 Å². The minimum atomic E-state index is -3.85. The van der Waals surface area contributed by atoms with Gasteiger partial charge in [-0.2, -0.15) is 13.1 Å². The molecule has 0 aliphatic heterocycles. The highest BCUT2D eigenvalue weighted by molar-refractivity contribution is 8.12. The normalized spacial score (nSPS) is 24.6. The van der Waals surface area contributed by atoms with E-state index in [1.807, 2.05) is 4.72 Å². The van der Waals surface area contributed by atoms with Crippen LogP contribution in [0.15, 0.2) is 0 Å². The smallest absolute Gasteiger partial charge is 0.207 e. The zero-order valence-electron chi connectivity index (χ0n) is 5.35. The Bertz CT molecular complexity index is 245. The van der Waals surface area contributed by atoms with Crippen molar-refractivity contribution in [1.82, 2.24) is 4.72 Å². The van der Waals surface area contributed by atoms with Crippen molar-refractivity contribution in [2.45, 2.75) is 24.8 Å². The first-order valence-electron chi connectivity index (χ1n) is 2.88. The molecule has 0 spiro atoms. The molecule has 0 aromatic heterocycles. The van der Waals surface area contributed by atoms with E-state index in [1.54, 1.807) is 0 Å². The van der Waals surface area contributed by atoms with Crippen molar-refractivity contribution < 1.29 is 17.2 Å². The van der Waals surface area contributed by atoms with Crippen LogP contribution in [0.3, 0.4) is 0 Å². The molecule has 0 bridgehead atoms. The molecule has 0 aromatic carbocycles. The molecule has 0 radical (unpaired) electrons. The molecule has 0 heterocycles. The van der Waals surface area contributed by atoms with Gasteiger partial charge in [0.25, 0.3) is 15.2 Å². The molecule has 1 aliphatic carbocycles. The average Bonchev–Trinajstić information content (AvgIpc) is 1.53. The molecular formula is C4H6ClF2NO2S. The highest BCUT2D eigenvalue weighted by atomic mass is 35.7. The Kier molecular flexibility index (Phi) is 2.11. The summed E-state index contributed by atoms with van der Waals surface area (Å²) >= 11 is 0. The molecule has 0 atom stereocenters. The van der Waals surface area contributed by atoms with Gasteiger partial charge in [0.15, 0.2) is 0 Å². The molecule has 1 rings (SSSR count). The fourth-order valence-corrected chi connectivity index (χ4v) is 1.89. The van der Waals surface area contributed by atoms with Gasteiger partial charge in [0.05, 0.1) is 0 Å². The Labute approximate surface area is 67.3 Å². The maximum atomic E-state index is 12.1. The molecule has 1 N–H and O–H groups in total. The van der Waals surface area contributed by atoms with E-state index >= 15 is 0 Å². The monoisotopic (exact) mass is 205 g/mol. The van der Waals surface area contributed by atoms with Gasteiger partial charge in [-0.05, 0) is 0 Å². The maximum Gasteiger partial charge on any atom is 0.297 e. The molecule has 1 fully saturated rings. The molecule has 7 heteroatoms. The van der Waals surface area contributed by atoms with Crippen LogP contribution in [-0.2, 0) is 9.24 Å². The van der Waals surface area contributed by atoms with Crippen molar-refractivity contribution in [2.24, 2.45) is 0 Å². The van der Waals surface area contributed by atoms with Crippen molar-refractivity contribution in [2.75, 3.05) is 0 Å². The molecule has 0 saturated heterocycles. The second-order valence-electron chi connectivity index (χ2n) is 2.52. The minimum absolute atomic E-state index is 0.459. The van der Waals surface area contributed by atoms with Crippen LogP contribution in [0.5, 0.6) is 0 Å². The number of hydrogen-bond donors (Lipinski definition) is 1. The van der Waals surface area contributed by atoms with Crippen LogP contribution in [0.4, 0.5) is 8.78 Å². The fourth-order valence-electron chi connectivity index (χ4n) is 0.944. The lowest BCUT2D eigenvalue weighted by Gasteiger charge is -2.34. The zero-order chi connectivity index (χ0) is 8.70. The third-order valence-corrected chi connectivity index (χ3v) is 2.28. The van der Waals surface area contributed by atoms with Crippen LogP contribution in [-0.4, -0.2) is 20.4 Å². The lowest BCUT2D eigenvalue weighted by molar-refractivity contribution is -0.0875. The minimum Gasteiger partial charge on any atom is -0.207 e. The SMILES string of the molecule is O=S(=O)(Cl)NC1CC(F)(F)C1. The van der Waals surface area contributed by atoms with Crippen molar-refractivity contribution in [3.8, 4) is 0 Å². The first kappa shape index (κ1) is 9.15. The largest absolute Gasteiger partial charge is 0.297 e. The summed E-state index contributed by atoms with van der Waals surface area (Å²) in [6, 6.07) is -0.701. The Balaban J connectivity index is 2.36. The summed E-state index contributed by atoms with van der Waals surface area (Å²) in [5.74, 6) is -2.72. The van der Waals surface area contributed by atoms with Crippen LogP contribution in [0.2, 0.25) is 0 Å². The molecule has 0 aromatic rings. The molecule has 1 aliphatic rings. The Hall–Kier alpha value is 0.0600. The van der Waals surface area contributed by atoms with Gasteiger partial charge in [0, 0.05) is 29.6 Å². The summed E-state index contributed by atoms with van der Waals surface area (Å²) in [5.41, 5.74) is 0. The molecular weight excluding hydrogens is 200 g/mol. The van der Waals surface area contributed by atoms with Gasteiger partial charge in [-0.1, -0.05) is 0 Å². The fraction of sp³-hybridized carbons (Fsp3) is 1.00. The molecule has 11 heavy (non-hydrogen) atoms. The molecule has 66 valence electrons. The van der Waals surface area contributed by atoms with Crippen molar-refractivity contribution in [3.63, 3.8) is 0 Å². The van der Waals surface area contributed by atoms with Gasteiger partial charge in [-0.3, -0.25) is 0 Å². The van der Waals surface area contributed by atoms with Crippen molar-refractivity contribution >= 4 is 19.9 Å². The predicted octanol–water partition coefficient (Wildman–Crippen LogP) is 0.857. The second kappa shape index (κ2) is 2.53. The third kappa shape index (κ3) is 2.88. The van der Waals surface area contributed by atoms with Gasteiger partial charge in [0.2, 0.25) is 0 Å². The summed E-state index contributed by atoms with van der Waals surface area (Å²) in [5, 5.41) is 0. The van der Waals surface area contributed by atoms with E-state index in [9.17, 15) is 17.2 Å². The number of alkyl halides is 2. The van der Waals surface area contributed by atoms with Gasteiger partial charge in [-0.15, -0.1) is 0 Å². The first-order chi connectivity index (χ1) is 4.79. The van der Waals surface area contributed by atoms with Crippen LogP contribution < -0.4 is 4.72 Å². The summed E-state index contributed by atoms with van der Waals surface area (Å²) in [6.07, 6.45) is -0.919. The highest BCUT2D eigenvalue weighted by Crippen LogP contribution is 2.37. The highest BCUT2D eigenvalue weighted by Gasteiger charge is 2.46. The van der Waals surface area contributed by atoms with E-state index in [0.29, 0.717) is 0 Å². The molecule has 0 amide bonds. The van der Waals surface area contributed by atoms with Crippen LogP contribution >= 0.6 is 10.7 Å². The molecule has 1 saturated carbocycles. The van der Waals surface area contributed by atoms with E-state index in [-0.39, 0.29) is 0 Å². The molecule has 0 unspecified atom stereocenters. The summed E-state index contributed by atoms with van der Waals surface area (Å²) in [6.45, 7) is 0. The van der Waals surface area contributed by atoms with E-state index in [4.69, 9.17) is 10.7 Å². The van der Waals surface area contributed by atoms with Gasteiger partial charge in [-0.25, -0.2) is 8.78 Å². The third-order valence-electron chi connectivity index (χ3n) is 1.40. The zero-order valence-corrected chi connectivity index (χ0v) is 6.92. The number of hydrogen-bond acceptors (Lipinski definition) is 2. The van der Waals surface area contributed by atoms with E-state index in [1.165, 1.54) is 0 Å². The lowest BCUT2D eigenvalue weighted by atomic mass is 9.89. The Morgan fingerprint density at radius 3 is 2.18 bits per heavy atom. The second-order valence-corrected chi connectivity index (χ2v) is 4.85. The van der Waals surface area contributed by atoms with E-state index in [0.717, 1.165) is 0 Å². The van der Waals surface area contributed by atoms with Gasteiger partial charge >= 0.3 is 0 Å². The number of rotatable bonds is 2. The number of nitrogens with one attached hydrogen (secondary N) is 1. The maximum absolute atomic E-state index is 12.1. The average molecular weight is 206 g/mol. The van der Waals surface area contributed by atoms with Gasteiger partial charge < -0.3 is 0 Å². The topological polar surface area (TPSA) is 46.2 Å². The van der Waals surface area contributed by atoms with Crippen LogP contribution in [0, 0.1) is 0 Å². The molecule has 3 nitrogen and oxygen atoms in total. The van der Waals surface area contributed by atoms with Crippen LogP contribution in [0.1, 0.15) is 12.8 Å². The number of halogens is 3. The Morgan fingerprint density at radius 2 is 1.91 bits per heavy atom. The first-order valence-corrected chi connectivity index (χ1v) is 5.19. The van der Waals surface area contributed by atoms with Gasteiger partial charge in [0.1, 0.15) is 0 Å². The summed E-state index contributed by atoms with van der Waals surface area (Å²) in [7, 11) is 0.904. The standard InChI is InChI=1S/C4H6ClF2NO2S/c5-11(9,10)8-3-1-4(6,7)2-3/h3,8H,1-2H2.